The summed E-state index contributed by atoms with van der Waals surface area (Å²) < 4.78 is 10.1. The minimum Gasteiger partial charge on any atom is -0.467 e. The van der Waals surface area contributed by atoms with Crippen LogP contribution in [-0.2, 0) is 14.3 Å². The van der Waals surface area contributed by atoms with Crippen molar-refractivity contribution in [3.63, 3.8) is 0 Å². The molecule has 0 saturated carbocycles. The van der Waals surface area contributed by atoms with Crippen LogP contribution in [0.25, 0.3) is 11.1 Å². The number of hydrogen-bond donors (Lipinski definition) is 0. The lowest BCUT2D eigenvalue weighted by Crippen LogP contribution is -2.16. The lowest BCUT2D eigenvalue weighted by molar-refractivity contribution is -0.152. The second-order valence-electron chi connectivity index (χ2n) is 4.09. The highest BCUT2D eigenvalue weighted by Crippen LogP contribution is 2.30. The van der Waals surface area contributed by atoms with Crippen molar-refractivity contribution in [2.45, 2.75) is 6.10 Å². The molecule has 19 heavy (non-hydrogen) atoms. The molecule has 0 heterocycles. The van der Waals surface area contributed by atoms with E-state index in [1.54, 1.807) is 0 Å². The molecule has 0 bridgehead atoms. The number of esters is 1. The highest BCUT2D eigenvalue weighted by molar-refractivity contribution is 5.81. The summed E-state index contributed by atoms with van der Waals surface area (Å²) in [6.45, 7) is 0. The molecule has 0 saturated heterocycles. The van der Waals surface area contributed by atoms with E-state index in [1.165, 1.54) is 14.2 Å². The first-order valence-electron chi connectivity index (χ1n) is 6.03. The van der Waals surface area contributed by atoms with E-state index in [4.69, 9.17) is 9.47 Å². The molecule has 0 aliphatic heterocycles. The van der Waals surface area contributed by atoms with Gasteiger partial charge in [-0.1, -0.05) is 54.6 Å². The van der Waals surface area contributed by atoms with Crippen LogP contribution in [0.2, 0.25) is 0 Å². The van der Waals surface area contributed by atoms with Crippen LogP contribution < -0.4 is 0 Å². The second kappa shape index (κ2) is 6.16. The maximum atomic E-state index is 11.8. The standard InChI is InChI=1S/C16H16O3/c1-18-15(16(17)19-2)14-11-7-6-10-13(14)12-8-4-3-5-9-12/h3-11,15H,1-2H3. The van der Waals surface area contributed by atoms with Crippen molar-refractivity contribution in [2.75, 3.05) is 14.2 Å². The normalized spacial score (nSPS) is 11.9. The first-order valence-corrected chi connectivity index (χ1v) is 6.03. The number of hydrogen-bond acceptors (Lipinski definition) is 3. The third kappa shape index (κ3) is 2.83. The summed E-state index contributed by atoms with van der Waals surface area (Å²) in [5, 5.41) is 0. The molecule has 0 spiro atoms. The van der Waals surface area contributed by atoms with Crippen molar-refractivity contribution in [1.82, 2.24) is 0 Å². The van der Waals surface area contributed by atoms with Gasteiger partial charge < -0.3 is 9.47 Å². The third-order valence-electron chi connectivity index (χ3n) is 2.98. The van der Waals surface area contributed by atoms with Crippen molar-refractivity contribution in [3.8, 4) is 11.1 Å². The summed E-state index contributed by atoms with van der Waals surface area (Å²) in [5.41, 5.74) is 2.83. The SMILES string of the molecule is COC(=O)C(OC)c1ccccc1-c1ccccc1. The predicted molar refractivity (Wildman–Crippen MR) is 73.6 cm³/mol. The Hall–Kier alpha value is -2.13. The van der Waals surface area contributed by atoms with Gasteiger partial charge in [0.2, 0.25) is 0 Å². The molecule has 0 radical (unpaired) electrons. The highest BCUT2D eigenvalue weighted by Gasteiger charge is 2.23. The van der Waals surface area contributed by atoms with Gasteiger partial charge in [0.05, 0.1) is 7.11 Å². The number of methoxy groups -OCH3 is 2. The van der Waals surface area contributed by atoms with Gasteiger partial charge in [0.15, 0.2) is 6.10 Å². The molecule has 0 aromatic heterocycles. The maximum Gasteiger partial charge on any atom is 0.339 e. The molecule has 2 aromatic carbocycles. The number of rotatable bonds is 4. The Morgan fingerprint density at radius 1 is 0.947 bits per heavy atom. The Bertz CT molecular complexity index is 549. The van der Waals surface area contributed by atoms with Gasteiger partial charge in [-0.3, -0.25) is 0 Å². The van der Waals surface area contributed by atoms with Gasteiger partial charge in [-0.25, -0.2) is 4.79 Å². The molecule has 3 heteroatoms. The van der Waals surface area contributed by atoms with Crippen LogP contribution in [0.3, 0.4) is 0 Å². The summed E-state index contributed by atoms with van der Waals surface area (Å²) in [5.74, 6) is -0.397. The highest BCUT2D eigenvalue weighted by atomic mass is 16.6. The first kappa shape index (κ1) is 13.3. The lowest BCUT2D eigenvalue weighted by atomic mass is 9.96. The fraction of sp³-hybridized carbons (Fsp3) is 0.188. The van der Waals surface area contributed by atoms with E-state index in [9.17, 15) is 4.79 Å². The molecule has 2 aromatic rings. The molecular weight excluding hydrogens is 240 g/mol. The molecule has 0 aliphatic rings. The van der Waals surface area contributed by atoms with Gasteiger partial charge >= 0.3 is 5.97 Å². The number of benzene rings is 2. The zero-order chi connectivity index (χ0) is 13.7. The number of carbonyl (C=O) groups excluding carboxylic acids is 1. The van der Waals surface area contributed by atoms with Crippen LogP contribution in [0.1, 0.15) is 11.7 Å². The fourth-order valence-corrected chi connectivity index (χ4v) is 2.06. The summed E-state index contributed by atoms with van der Waals surface area (Å²) in [4.78, 5) is 11.8. The first-order chi connectivity index (χ1) is 9.27. The van der Waals surface area contributed by atoms with E-state index in [1.807, 2.05) is 54.6 Å². The molecular formula is C16H16O3. The minimum absolute atomic E-state index is 0.397. The van der Waals surface area contributed by atoms with Crippen molar-refractivity contribution < 1.29 is 14.3 Å². The maximum absolute atomic E-state index is 11.8. The Kier molecular flexibility index (Phi) is 4.31. The molecule has 2 rings (SSSR count). The van der Waals surface area contributed by atoms with Gasteiger partial charge in [0.1, 0.15) is 0 Å². The zero-order valence-electron chi connectivity index (χ0n) is 11.0. The van der Waals surface area contributed by atoms with Crippen molar-refractivity contribution in [3.05, 3.63) is 60.2 Å². The van der Waals surface area contributed by atoms with Crippen LogP contribution in [0.4, 0.5) is 0 Å². The van der Waals surface area contributed by atoms with Crippen molar-refractivity contribution in [2.24, 2.45) is 0 Å². The van der Waals surface area contributed by atoms with Crippen LogP contribution in [-0.4, -0.2) is 20.2 Å². The Labute approximate surface area is 112 Å². The third-order valence-corrected chi connectivity index (χ3v) is 2.98. The van der Waals surface area contributed by atoms with Gasteiger partial charge in [-0.15, -0.1) is 0 Å². The Morgan fingerprint density at radius 3 is 2.21 bits per heavy atom. The zero-order valence-corrected chi connectivity index (χ0v) is 11.0. The molecule has 0 amide bonds. The van der Waals surface area contributed by atoms with E-state index in [0.29, 0.717) is 0 Å². The second-order valence-corrected chi connectivity index (χ2v) is 4.09. The monoisotopic (exact) mass is 256 g/mol. The molecule has 1 atom stereocenters. The van der Waals surface area contributed by atoms with E-state index >= 15 is 0 Å². The van der Waals surface area contributed by atoms with Gasteiger partial charge in [0, 0.05) is 7.11 Å². The molecule has 0 aliphatic carbocycles. The Balaban J connectivity index is 2.49. The molecule has 0 N–H and O–H groups in total. The van der Waals surface area contributed by atoms with Crippen LogP contribution in [0, 0.1) is 0 Å². The molecule has 0 fully saturated rings. The molecule has 3 nitrogen and oxygen atoms in total. The average Bonchev–Trinajstić information content (AvgIpc) is 2.49. The minimum atomic E-state index is -0.707. The summed E-state index contributed by atoms with van der Waals surface area (Å²) >= 11 is 0. The fourth-order valence-electron chi connectivity index (χ4n) is 2.06. The molecule has 1 unspecified atom stereocenters. The van der Waals surface area contributed by atoms with Gasteiger partial charge in [0.25, 0.3) is 0 Å². The Morgan fingerprint density at radius 2 is 1.58 bits per heavy atom. The lowest BCUT2D eigenvalue weighted by Gasteiger charge is -2.17. The molecule has 98 valence electrons. The van der Waals surface area contributed by atoms with E-state index < -0.39 is 12.1 Å². The number of ether oxygens (including phenoxy) is 2. The van der Waals surface area contributed by atoms with Crippen LogP contribution in [0.15, 0.2) is 54.6 Å². The van der Waals surface area contributed by atoms with Crippen LogP contribution >= 0.6 is 0 Å². The van der Waals surface area contributed by atoms with Crippen molar-refractivity contribution >= 4 is 5.97 Å². The van der Waals surface area contributed by atoms with Crippen LogP contribution in [0.5, 0.6) is 0 Å². The largest absolute Gasteiger partial charge is 0.467 e. The van der Waals surface area contributed by atoms with Gasteiger partial charge in [-0.05, 0) is 16.7 Å². The quantitative estimate of drug-likeness (QED) is 0.788. The van der Waals surface area contributed by atoms with E-state index in [-0.39, 0.29) is 0 Å². The average molecular weight is 256 g/mol. The number of carbonyl (C=O) groups is 1. The smallest absolute Gasteiger partial charge is 0.339 e. The van der Waals surface area contributed by atoms with E-state index in [0.717, 1.165) is 16.7 Å². The summed E-state index contributed by atoms with van der Waals surface area (Å²) in [6.07, 6.45) is -0.707. The summed E-state index contributed by atoms with van der Waals surface area (Å²) in [6, 6.07) is 17.6. The summed E-state index contributed by atoms with van der Waals surface area (Å²) in [7, 11) is 2.86. The predicted octanol–water partition coefficient (Wildman–Crippen LogP) is 3.21. The van der Waals surface area contributed by atoms with Gasteiger partial charge in [-0.2, -0.15) is 0 Å². The topological polar surface area (TPSA) is 35.5 Å². The van der Waals surface area contributed by atoms with Crippen molar-refractivity contribution in [1.29, 1.82) is 0 Å². The van der Waals surface area contributed by atoms with E-state index in [2.05, 4.69) is 0 Å².